The van der Waals surface area contributed by atoms with E-state index in [1.165, 1.54) is 6.07 Å². The minimum Gasteiger partial charge on any atom is -0.369 e. The highest BCUT2D eigenvalue weighted by molar-refractivity contribution is 5.77. The molecule has 2 unspecified atom stereocenters. The average Bonchev–Trinajstić information content (AvgIpc) is 2.38. The zero-order valence-corrected chi connectivity index (χ0v) is 11.1. The SMILES string of the molecule is CC(N)c1ccc(N2CCCC(C(N)=O)C2)c(F)c1. The first-order valence-corrected chi connectivity index (χ1v) is 6.58. The third kappa shape index (κ3) is 3.04. The van der Waals surface area contributed by atoms with Gasteiger partial charge in [-0.3, -0.25) is 4.79 Å². The van der Waals surface area contributed by atoms with E-state index in [0.29, 0.717) is 12.2 Å². The maximum atomic E-state index is 14.1. The number of primary amides is 1. The van der Waals surface area contributed by atoms with Crippen LogP contribution >= 0.6 is 0 Å². The van der Waals surface area contributed by atoms with Crippen molar-refractivity contribution in [3.05, 3.63) is 29.6 Å². The van der Waals surface area contributed by atoms with Crippen molar-refractivity contribution >= 4 is 11.6 Å². The highest BCUT2D eigenvalue weighted by atomic mass is 19.1. The summed E-state index contributed by atoms with van der Waals surface area (Å²) >= 11 is 0. The van der Waals surface area contributed by atoms with E-state index < -0.39 is 0 Å². The van der Waals surface area contributed by atoms with Gasteiger partial charge in [0.25, 0.3) is 0 Å². The maximum absolute atomic E-state index is 14.1. The molecule has 0 aliphatic carbocycles. The Morgan fingerprint density at radius 3 is 2.84 bits per heavy atom. The summed E-state index contributed by atoms with van der Waals surface area (Å²) in [7, 11) is 0. The predicted molar refractivity (Wildman–Crippen MR) is 73.1 cm³/mol. The van der Waals surface area contributed by atoms with Crippen molar-refractivity contribution in [3.8, 4) is 0 Å². The highest BCUT2D eigenvalue weighted by Gasteiger charge is 2.25. The van der Waals surface area contributed by atoms with Gasteiger partial charge < -0.3 is 16.4 Å². The summed E-state index contributed by atoms with van der Waals surface area (Å²) in [4.78, 5) is 13.1. The smallest absolute Gasteiger partial charge is 0.222 e. The van der Waals surface area contributed by atoms with Crippen LogP contribution in [0.2, 0.25) is 0 Å². The van der Waals surface area contributed by atoms with Crippen molar-refractivity contribution in [2.75, 3.05) is 18.0 Å². The van der Waals surface area contributed by atoms with Gasteiger partial charge in [-0.15, -0.1) is 0 Å². The molecule has 0 radical (unpaired) electrons. The van der Waals surface area contributed by atoms with Gasteiger partial charge in [-0.05, 0) is 37.5 Å². The molecule has 1 aromatic carbocycles. The summed E-state index contributed by atoms with van der Waals surface area (Å²) in [6, 6.07) is 4.84. The molecule has 1 fully saturated rings. The molecule has 5 heteroatoms. The van der Waals surface area contributed by atoms with Crippen LogP contribution in [0.1, 0.15) is 31.4 Å². The Hall–Kier alpha value is -1.62. The van der Waals surface area contributed by atoms with E-state index >= 15 is 0 Å². The van der Waals surface area contributed by atoms with E-state index in [1.807, 2.05) is 17.9 Å². The van der Waals surface area contributed by atoms with Crippen molar-refractivity contribution in [2.45, 2.75) is 25.8 Å². The number of hydrogen-bond donors (Lipinski definition) is 2. The Bertz CT molecular complexity index is 476. The molecular formula is C14H20FN3O. The van der Waals surface area contributed by atoms with E-state index in [-0.39, 0.29) is 23.7 Å². The lowest BCUT2D eigenvalue weighted by Crippen LogP contribution is -2.41. The fraction of sp³-hybridized carbons (Fsp3) is 0.500. The highest BCUT2D eigenvalue weighted by Crippen LogP contribution is 2.27. The maximum Gasteiger partial charge on any atom is 0.222 e. The van der Waals surface area contributed by atoms with Crippen LogP contribution in [-0.2, 0) is 4.79 Å². The molecule has 1 saturated heterocycles. The summed E-state index contributed by atoms with van der Waals surface area (Å²) in [5.74, 6) is -0.793. The molecule has 4 nitrogen and oxygen atoms in total. The summed E-state index contributed by atoms with van der Waals surface area (Å²) < 4.78 is 14.1. The molecule has 1 aliphatic rings. The molecule has 104 valence electrons. The van der Waals surface area contributed by atoms with E-state index in [2.05, 4.69) is 0 Å². The predicted octanol–water partition coefficient (Wildman–Crippen LogP) is 1.55. The van der Waals surface area contributed by atoms with Crippen LogP contribution < -0.4 is 16.4 Å². The summed E-state index contributed by atoms with van der Waals surface area (Å²) in [5, 5.41) is 0. The lowest BCUT2D eigenvalue weighted by atomic mass is 9.96. The Balaban J connectivity index is 2.19. The van der Waals surface area contributed by atoms with Crippen molar-refractivity contribution in [3.63, 3.8) is 0 Å². The molecule has 0 spiro atoms. The van der Waals surface area contributed by atoms with Gasteiger partial charge in [-0.25, -0.2) is 4.39 Å². The van der Waals surface area contributed by atoms with Gasteiger partial charge in [0.15, 0.2) is 0 Å². The monoisotopic (exact) mass is 265 g/mol. The van der Waals surface area contributed by atoms with Crippen molar-refractivity contribution < 1.29 is 9.18 Å². The Morgan fingerprint density at radius 1 is 1.53 bits per heavy atom. The number of nitrogens with zero attached hydrogens (tertiary/aromatic N) is 1. The number of amides is 1. The first kappa shape index (κ1) is 13.8. The second kappa shape index (κ2) is 5.57. The Labute approximate surface area is 112 Å². The standard InChI is InChI=1S/C14H20FN3O/c1-9(16)10-4-5-13(12(15)7-10)18-6-2-3-11(8-18)14(17)19/h4-5,7,9,11H,2-3,6,8,16H2,1H3,(H2,17,19). The normalized spacial score (nSPS) is 21.2. The number of anilines is 1. The summed E-state index contributed by atoms with van der Waals surface area (Å²) in [6.45, 7) is 3.06. The quantitative estimate of drug-likeness (QED) is 0.871. The minimum absolute atomic E-state index is 0.191. The minimum atomic E-state index is -0.308. The molecule has 1 aromatic rings. The zero-order valence-electron chi connectivity index (χ0n) is 11.1. The lowest BCUT2D eigenvalue weighted by Gasteiger charge is -2.33. The van der Waals surface area contributed by atoms with E-state index in [1.54, 1.807) is 6.07 Å². The first-order valence-electron chi connectivity index (χ1n) is 6.58. The van der Waals surface area contributed by atoms with Crippen molar-refractivity contribution in [1.82, 2.24) is 0 Å². The van der Waals surface area contributed by atoms with E-state index in [0.717, 1.165) is 24.9 Å². The van der Waals surface area contributed by atoms with Crippen LogP contribution in [0.25, 0.3) is 0 Å². The van der Waals surface area contributed by atoms with Gasteiger partial charge in [0.2, 0.25) is 5.91 Å². The van der Waals surface area contributed by atoms with Gasteiger partial charge in [-0.1, -0.05) is 6.07 Å². The molecule has 0 aromatic heterocycles. The molecule has 1 aliphatic heterocycles. The molecule has 4 N–H and O–H groups in total. The largest absolute Gasteiger partial charge is 0.369 e. The first-order chi connectivity index (χ1) is 8.99. The second-order valence-corrected chi connectivity index (χ2v) is 5.19. The van der Waals surface area contributed by atoms with E-state index in [9.17, 15) is 9.18 Å². The molecule has 0 bridgehead atoms. The summed E-state index contributed by atoms with van der Waals surface area (Å²) in [5.41, 5.74) is 12.4. The van der Waals surface area contributed by atoms with Gasteiger partial charge in [-0.2, -0.15) is 0 Å². The lowest BCUT2D eigenvalue weighted by molar-refractivity contribution is -0.122. The number of hydrogen-bond acceptors (Lipinski definition) is 3. The van der Waals surface area contributed by atoms with Crippen molar-refractivity contribution in [1.29, 1.82) is 0 Å². The molecule has 2 rings (SSSR count). The van der Waals surface area contributed by atoms with E-state index in [4.69, 9.17) is 11.5 Å². The molecule has 1 amide bonds. The third-order valence-corrected chi connectivity index (χ3v) is 3.66. The van der Waals surface area contributed by atoms with Crippen LogP contribution in [0.15, 0.2) is 18.2 Å². The average molecular weight is 265 g/mol. The van der Waals surface area contributed by atoms with Gasteiger partial charge >= 0.3 is 0 Å². The Morgan fingerprint density at radius 2 is 2.26 bits per heavy atom. The van der Waals surface area contributed by atoms with Gasteiger partial charge in [0.1, 0.15) is 5.82 Å². The van der Waals surface area contributed by atoms with Gasteiger partial charge in [0.05, 0.1) is 11.6 Å². The topological polar surface area (TPSA) is 72.3 Å². The fourth-order valence-corrected chi connectivity index (χ4v) is 2.49. The second-order valence-electron chi connectivity index (χ2n) is 5.19. The fourth-order valence-electron chi connectivity index (χ4n) is 2.49. The van der Waals surface area contributed by atoms with Crippen LogP contribution in [0, 0.1) is 11.7 Å². The zero-order chi connectivity index (χ0) is 14.0. The van der Waals surface area contributed by atoms with Gasteiger partial charge in [0, 0.05) is 19.1 Å². The number of rotatable bonds is 3. The summed E-state index contributed by atoms with van der Waals surface area (Å²) in [6.07, 6.45) is 1.63. The molecule has 0 saturated carbocycles. The number of carbonyl (C=O) groups is 1. The number of nitrogens with two attached hydrogens (primary N) is 2. The molecule has 2 atom stereocenters. The van der Waals surface area contributed by atoms with Crippen LogP contribution in [0.3, 0.4) is 0 Å². The van der Waals surface area contributed by atoms with Crippen molar-refractivity contribution in [2.24, 2.45) is 17.4 Å². The van der Waals surface area contributed by atoms with Crippen LogP contribution in [0.5, 0.6) is 0 Å². The van der Waals surface area contributed by atoms with Crippen LogP contribution in [0.4, 0.5) is 10.1 Å². The number of carbonyl (C=O) groups excluding carboxylic acids is 1. The Kier molecular flexibility index (Phi) is 4.04. The third-order valence-electron chi connectivity index (χ3n) is 3.66. The molecular weight excluding hydrogens is 245 g/mol. The van der Waals surface area contributed by atoms with Crippen LogP contribution in [-0.4, -0.2) is 19.0 Å². The number of piperidine rings is 1. The number of benzene rings is 1. The molecule has 1 heterocycles. The number of halogens is 1. The molecule has 19 heavy (non-hydrogen) atoms.